The molecule has 0 amide bonds. The standard InChI is InChI=1S/C27H22O9/c1-15-25(35-18-7-5-16(6-8-18)26(29)33-4)24(28)22-10-9-19(14-23(22)34-15)36-27(30)17-11-20(31-2)13-21(12-17)32-3/h5-14H,1-4H3. The number of aryl methyl sites for hydroxylation is 1. The lowest BCUT2D eigenvalue weighted by molar-refractivity contribution is 0.0600. The largest absolute Gasteiger partial charge is 0.497 e. The van der Waals surface area contributed by atoms with Crippen molar-refractivity contribution in [1.29, 1.82) is 0 Å². The van der Waals surface area contributed by atoms with Crippen LogP contribution in [0, 0.1) is 6.92 Å². The van der Waals surface area contributed by atoms with Crippen LogP contribution in [-0.4, -0.2) is 33.3 Å². The molecule has 1 aromatic heterocycles. The zero-order chi connectivity index (χ0) is 25.8. The van der Waals surface area contributed by atoms with E-state index in [9.17, 15) is 14.4 Å². The average Bonchev–Trinajstić information content (AvgIpc) is 2.90. The van der Waals surface area contributed by atoms with Crippen LogP contribution >= 0.6 is 0 Å². The third-order valence-corrected chi connectivity index (χ3v) is 5.28. The van der Waals surface area contributed by atoms with E-state index in [4.69, 9.17) is 23.4 Å². The van der Waals surface area contributed by atoms with Gasteiger partial charge in [0.2, 0.25) is 11.2 Å². The summed E-state index contributed by atoms with van der Waals surface area (Å²) in [6.45, 7) is 1.58. The van der Waals surface area contributed by atoms with Gasteiger partial charge in [0.05, 0.1) is 37.8 Å². The van der Waals surface area contributed by atoms with Crippen molar-refractivity contribution in [2.75, 3.05) is 21.3 Å². The molecule has 3 aromatic carbocycles. The molecule has 0 N–H and O–H groups in total. The van der Waals surface area contributed by atoms with Crippen molar-refractivity contribution in [3.05, 3.63) is 87.8 Å². The van der Waals surface area contributed by atoms with Gasteiger partial charge in [0, 0.05) is 12.1 Å². The lowest BCUT2D eigenvalue weighted by Crippen LogP contribution is -2.10. The van der Waals surface area contributed by atoms with E-state index in [2.05, 4.69) is 4.74 Å². The summed E-state index contributed by atoms with van der Waals surface area (Å²) in [4.78, 5) is 37.4. The zero-order valence-electron chi connectivity index (χ0n) is 19.9. The Balaban J connectivity index is 1.59. The molecule has 0 radical (unpaired) electrons. The Morgan fingerprint density at radius 1 is 0.722 bits per heavy atom. The first-order valence-electron chi connectivity index (χ1n) is 10.7. The first-order valence-corrected chi connectivity index (χ1v) is 10.7. The monoisotopic (exact) mass is 490 g/mol. The number of methoxy groups -OCH3 is 3. The van der Waals surface area contributed by atoms with E-state index in [1.807, 2.05) is 0 Å². The van der Waals surface area contributed by atoms with Crippen molar-refractivity contribution < 1.29 is 37.7 Å². The van der Waals surface area contributed by atoms with Crippen molar-refractivity contribution in [1.82, 2.24) is 0 Å². The normalized spacial score (nSPS) is 10.6. The van der Waals surface area contributed by atoms with E-state index in [1.54, 1.807) is 25.1 Å². The third kappa shape index (κ3) is 5.00. The molecule has 36 heavy (non-hydrogen) atoms. The maximum absolute atomic E-state index is 13.1. The quantitative estimate of drug-likeness (QED) is 0.263. The number of hydrogen-bond donors (Lipinski definition) is 0. The molecule has 4 aromatic rings. The fourth-order valence-electron chi connectivity index (χ4n) is 3.44. The molecule has 9 heteroatoms. The summed E-state index contributed by atoms with van der Waals surface area (Å²) in [5.41, 5.74) is 0.396. The van der Waals surface area contributed by atoms with Gasteiger partial charge in [-0.15, -0.1) is 0 Å². The molecule has 0 bridgehead atoms. The lowest BCUT2D eigenvalue weighted by Gasteiger charge is -2.11. The number of fused-ring (bicyclic) bond motifs is 1. The molecule has 1 heterocycles. The van der Waals surface area contributed by atoms with Crippen molar-refractivity contribution in [2.45, 2.75) is 6.92 Å². The highest BCUT2D eigenvalue weighted by molar-refractivity contribution is 5.92. The van der Waals surface area contributed by atoms with Gasteiger partial charge in [-0.2, -0.15) is 0 Å². The second-order valence-electron chi connectivity index (χ2n) is 7.58. The second-order valence-corrected chi connectivity index (χ2v) is 7.58. The SMILES string of the molecule is COC(=O)c1ccc(Oc2c(C)oc3cc(OC(=O)c4cc(OC)cc(OC)c4)ccc3c2=O)cc1. The molecule has 0 saturated heterocycles. The van der Waals surface area contributed by atoms with Crippen molar-refractivity contribution in [3.63, 3.8) is 0 Å². The molecule has 0 aliphatic heterocycles. The number of benzene rings is 3. The molecule has 0 unspecified atom stereocenters. The minimum absolute atomic E-state index is 0.00142. The molecule has 0 spiro atoms. The first-order chi connectivity index (χ1) is 17.3. The van der Waals surface area contributed by atoms with Crippen LogP contribution in [0.5, 0.6) is 28.7 Å². The van der Waals surface area contributed by atoms with Gasteiger partial charge in [-0.25, -0.2) is 9.59 Å². The van der Waals surface area contributed by atoms with Crippen LogP contribution in [0.1, 0.15) is 26.5 Å². The number of carbonyl (C=O) groups is 2. The minimum atomic E-state index is -0.638. The predicted molar refractivity (Wildman–Crippen MR) is 130 cm³/mol. The molecular weight excluding hydrogens is 468 g/mol. The Kier molecular flexibility index (Phi) is 6.91. The molecule has 0 aliphatic rings. The fraction of sp³-hybridized carbons (Fsp3) is 0.148. The van der Waals surface area contributed by atoms with Gasteiger partial charge in [-0.3, -0.25) is 4.79 Å². The first kappa shape index (κ1) is 24.3. The van der Waals surface area contributed by atoms with Crippen molar-refractivity contribution in [2.24, 2.45) is 0 Å². The highest BCUT2D eigenvalue weighted by Gasteiger charge is 2.17. The maximum Gasteiger partial charge on any atom is 0.343 e. The lowest BCUT2D eigenvalue weighted by atomic mass is 10.2. The van der Waals surface area contributed by atoms with Crippen LogP contribution in [0.4, 0.5) is 0 Å². The van der Waals surface area contributed by atoms with Crippen molar-refractivity contribution in [3.8, 4) is 28.7 Å². The summed E-state index contributed by atoms with van der Waals surface area (Å²) in [7, 11) is 4.25. The molecule has 184 valence electrons. The summed E-state index contributed by atoms with van der Waals surface area (Å²) in [6, 6.07) is 15.3. The molecule has 4 rings (SSSR count). The topological polar surface area (TPSA) is 110 Å². The summed E-state index contributed by atoms with van der Waals surface area (Å²) < 4.78 is 32.1. The Bertz CT molecular complexity index is 1480. The van der Waals surface area contributed by atoms with Crippen LogP contribution in [0.25, 0.3) is 11.0 Å². The van der Waals surface area contributed by atoms with Gasteiger partial charge in [0.25, 0.3) is 0 Å². The fourth-order valence-corrected chi connectivity index (χ4v) is 3.44. The molecule has 0 fully saturated rings. The molecule has 0 atom stereocenters. The smallest absolute Gasteiger partial charge is 0.343 e. The van der Waals surface area contributed by atoms with Gasteiger partial charge in [0.15, 0.2) is 0 Å². The third-order valence-electron chi connectivity index (χ3n) is 5.28. The average molecular weight is 490 g/mol. The van der Waals surface area contributed by atoms with Crippen LogP contribution in [0.2, 0.25) is 0 Å². The number of ether oxygens (including phenoxy) is 5. The molecule has 0 aliphatic carbocycles. The van der Waals surface area contributed by atoms with Crippen LogP contribution in [0.15, 0.2) is 69.9 Å². The number of esters is 2. The Morgan fingerprint density at radius 3 is 1.97 bits per heavy atom. The Morgan fingerprint density at radius 2 is 1.36 bits per heavy atom. The summed E-state index contributed by atoms with van der Waals surface area (Å²) in [5, 5.41) is 0.240. The Hall–Kier alpha value is -4.79. The van der Waals surface area contributed by atoms with Crippen LogP contribution in [0.3, 0.4) is 0 Å². The highest BCUT2D eigenvalue weighted by Crippen LogP contribution is 2.29. The summed E-state index contributed by atoms with van der Waals surface area (Å²) in [6.07, 6.45) is 0. The predicted octanol–water partition coefficient (Wildman–Crippen LogP) is 4.92. The zero-order valence-corrected chi connectivity index (χ0v) is 19.9. The van der Waals surface area contributed by atoms with E-state index in [0.717, 1.165) is 0 Å². The van der Waals surface area contributed by atoms with Gasteiger partial charge in [-0.1, -0.05) is 0 Å². The van der Waals surface area contributed by atoms with E-state index in [0.29, 0.717) is 22.8 Å². The van der Waals surface area contributed by atoms with E-state index < -0.39 is 17.4 Å². The molecule has 9 nitrogen and oxygen atoms in total. The number of rotatable bonds is 7. The van der Waals surface area contributed by atoms with Crippen molar-refractivity contribution >= 4 is 22.9 Å². The minimum Gasteiger partial charge on any atom is -0.497 e. The molecule has 0 saturated carbocycles. The van der Waals surface area contributed by atoms with E-state index in [1.165, 1.54) is 63.8 Å². The molecular formula is C27H22O9. The van der Waals surface area contributed by atoms with Gasteiger partial charge >= 0.3 is 11.9 Å². The van der Waals surface area contributed by atoms with Crippen LogP contribution < -0.4 is 24.4 Å². The number of hydrogen-bond acceptors (Lipinski definition) is 9. The second kappa shape index (κ2) is 10.2. The van der Waals surface area contributed by atoms with E-state index in [-0.39, 0.29) is 33.8 Å². The van der Waals surface area contributed by atoms with Crippen LogP contribution in [-0.2, 0) is 4.74 Å². The highest BCUT2D eigenvalue weighted by atomic mass is 16.5. The maximum atomic E-state index is 13.1. The Labute approximate surface area is 205 Å². The van der Waals surface area contributed by atoms with Gasteiger partial charge < -0.3 is 28.1 Å². The number of carbonyl (C=O) groups excluding carboxylic acids is 2. The van der Waals surface area contributed by atoms with E-state index >= 15 is 0 Å². The summed E-state index contributed by atoms with van der Waals surface area (Å²) >= 11 is 0. The summed E-state index contributed by atoms with van der Waals surface area (Å²) in [5.74, 6) is 0.515. The van der Waals surface area contributed by atoms with Gasteiger partial charge in [-0.05, 0) is 55.5 Å². The van der Waals surface area contributed by atoms with Gasteiger partial charge in [0.1, 0.15) is 34.3 Å².